The number of aromatic nitrogens is 2. The number of imidazole rings is 1. The van der Waals surface area contributed by atoms with Gasteiger partial charge in [0.2, 0.25) is 5.91 Å². The van der Waals surface area contributed by atoms with Gasteiger partial charge in [0.25, 0.3) is 0 Å². The molecular weight excluding hydrogens is 320 g/mol. The normalized spacial score (nSPS) is 22.1. The zero-order valence-corrected chi connectivity index (χ0v) is 15.1. The summed E-state index contributed by atoms with van der Waals surface area (Å²) in [4.78, 5) is 20.4. The van der Waals surface area contributed by atoms with E-state index in [2.05, 4.69) is 33.1 Å². The first kappa shape index (κ1) is 16.1. The van der Waals surface area contributed by atoms with Crippen molar-refractivity contribution in [2.75, 3.05) is 13.1 Å². The van der Waals surface area contributed by atoms with Gasteiger partial charge in [0.15, 0.2) is 4.96 Å². The third-order valence-corrected chi connectivity index (χ3v) is 5.83. The summed E-state index contributed by atoms with van der Waals surface area (Å²) in [5.41, 5.74) is 2.69. The molecule has 4 rings (SSSR count). The Morgan fingerprint density at radius 3 is 3.08 bits per heavy atom. The SMILES string of the molecule is CCCC(=O)N[C@@H]1CCCN(Cc2c(C3CC3)nc3sccn23)C1. The fourth-order valence-electron chi connectivity index (χ4n) is 3.75. The second-order valence-corrected chi connectivity index (χ2v) is 8.04. The van der Waals surface area contributed by atoms with E-state index < -0.39 is 0 Å². The quantitative estimate of drug-likeness (QED) is 0.874. The molecule has 3 heterocycles. The first-order chi connectivity index (χ1) is 11.7. The minimum Gasteiger partial charge on any atom is -0.352 e. The largest absolute Gasteiger partial charge is 0.352 e. The van der Waals surface area contributed by atoms with Crippen molar-refractivity contribution in [1.82, 2.24) is 19.6 Å². The fourth-order valence-corrected chi connectivity index (χ4v) is 4.49. The summed E-state index contributed by atoms with van der Waals surface area (Å²) in [6.45, 7) is 5.07. The third kappa shape index (κ3) is 3.35. The van der Waals surface area contributed by atoms with Crippen molar-refractivity contribution < 1.29 is 4.79 Å². The molecule has 0 radical (unpaired) electrons. The summed E-state index contributed by atoms with van der Waals surface area (Å²) in [6.07, 6.45) is 8.53. The summed E-state index contributed by atoms with van der Waals surface area (Å²) in [6, 6.07) is 0.299. The van der Waals surface area contributed by atoms with E-state index in [-0.39, 0.29) is 5.91 Å². The van der Waals surface area contributed by atoms with E-state index in [1.54, 1.807) is 11.3 Å². The number of carbonyl (C=O) groups excluding carboxylic acids is 1. The van der Waals surface area contributed by atoms with E-state index >= 15 is 0 Å². The van der Waals surface area contributed by atoms with Crippen LogP contribution in [0.1, 0.15) is 62.8 Å². The van der Waals surface area contributed by atoms with Crippen LogP contribution in [0.2, 0.25) is 0 Å². The summed E-state index contributed by atoms with van der Waals surface area (Å²) in [5, 5.41) is 5.33. The number of fused-ring (bicyclic) bond motifs is 1. The molecule has 130 valence electrons. The van der Waals surface area contributed by atoms with Crippen LogP contribution in [0.5, 0.6) is 0 Å². The van der Waals surface area contributed by atoms with Crippen LogP contribution in [0, 0.1) is 0 Å². The molecule has 5 nitrogen and oxygen atoms in total. The number of hydrogen-bond donors (Lipinski definition) is 1. The predicted octanol–water partition coefficient (Wildman–Crippen LogP) is 3.15. The number of carbonyl (C=O) groups is 1. The Morgan fingerprint density at radius 1 is 1.42 bits per heavy atom. The Bertz CT molecular complexity index is 718. The maximum atomic E-state index is 11.9. The first-order valence-corrected chi connectivity index (χ1v) is 10.1. The molecule has 1 aliphatic heterocycles. The van der Waals surface area contributed by atoms with Gasteiger partial charge in [-0.2, -0.15) is 0 Å². The second-order valence-electron chi connectivity index (χ2n) is 7.17. The van der Waals surface area contributed by atoms with Crippen molar-refractivity contribution in [3.63, 3.8) is 0 Å². The van der Waals surface area contributed by atoms with Crippen LogP contribution in [0.15, 0.2) is 11.6 Å². The average molecular weight is 346 g/mol. The maximum absolute atomic E-state index is 11.9. The molecule has 1 N–H and O–H groups in total. The third-order valence-electron chi connectivity index (χ3n) is 5.08. The summed E-state index contributed by atoms with van der Waals surface area (Å²) in [7, 11) is 0. The minimum absolute atomic E-state index is 0.201. The highest BCUT2D eigenvalue weighted by molar-refractivity contribution is 7.15. The van der Waals surface area contributed by atoms with Crippen LogP contribution in [0.3, 0.4) is 0 Å². The fraction of sp³-hybridized carbons (Fsp3) is 0.667. The highest BCUT2D eigenvalue weighted by Crippen LogP contribution is 2.42. The highest BCUT2D eigenvalue weighted by Gasteiger charge is 2.31. The topological polar surface area (TPSA) is 49.6 Å². The molecule has 1 saturated carbocycles. The van der Waals surface area contributed by atoms with Crippen molar-refractivity contribution in [2.24, 2.45) is 0 Å². The molecular formula is C18H26N4OS. The van der Waals surface area contributed by atoms with E-state index in [0.717, 1.165) is 43.9 Å². The average Bonchev–Trinajstić information content (AvgIpc) is 3.20. The number of piperidine rings is 1. The molecule has 1 aliphatic carbocycles. The lowest BCUT2D eigenvalue weighted by Gasteiger charge is -2.33. The maximum Gasteiger partial charge on any atom is 0.220 e. The first-order valence-electron chi connectivity index (χ1n) is 9.20. The molecule has 24 heavy (non-hydrogen) atoms. The summed E-state index contributed by atoms with van der Waals surface area (Å²) < 4.78 is 2.28. The van der Waals surface area contributed by atoms with Crippen molar-refractivity contribution >= 4 is 22.2 Å². The molecule has 2 fully saturated rings. The van der Waals surface area contributed by atoms with Crippen molar-refractivity contribution in [2.45, 2.75) is 64.0 Å². The number of likely N-dealkylation sites (tertiary alicyclic amines) is 1. The molecule has 0 unspecified atom stereocenters. The minimum atomic E-state index is 0.201. The standard InChI is InChI=1S/C18H26N4OS/c1-2-4-16(23)19-14-5-3-8-21(11-14)12-15-17(13-6-7-13)20-18-22(15)9-10-24-18/h9-10,13-14H,2-8,11-12H2,1H3,(H,19,23)/t14-/m1/s1. The van der Waals surface area contributed by atoms with Gasteiger partial charge in [-0.3, -0.25) is 14.1 Å². The molecule has 6 heteroatoms. The van der Waals surface area contributed by atoms with Crippen LogP contribution in [-0.4, -0.2) is 39.3 Å². The Kier molecular flexibility index (Phi) is 4.59. The van der Waals surface area contributed by atoms with Crippen molar-refractivity contribution in [1.29, 1.82) is 0 Å². The van der Waals surface area contributed by atoms with Gasteiger partial charge in [0, 0.05) is 43.0 Å². The zero-order valence-electron chi connectivity index (χ0n) is 14.3. The Hall–Kier alpha value is -1.40. The highest BCUT2D eigenvalue weighted by atomic mass is 32.1. The number of amides is 1. The van der Waals surface area contributed by atoms with E-state index in [0.29, 0.717) is 18.4 Å². The van der Waals surface area contributed by atoms with E-state index in [9.17, 15) is 4.79 Å². The van der Waals surface area contributed by atoms with E-state index in [1.165, 1.54) is 24.2 Å². The van der Waals surface area contributed by atoms with E-state index in [4.69, 9.17) is 4.98 Å². The van der Waals surface area contributed by atoms with Gasteiger partial charge < -0.3 is 5.32 Å². The van der Waals surface area contributed by atoms with Crippen LogP contribution in [-0.2, 0) is 11.3 Å². The monoisotopic (exact) mass is 346 g/mol. The van der Waals surface area contributed by atoms with Crippen molar-refractivity contribution in [3.05, 3.63) is 23.0 Å². The Labute approximate surface area is 147 Å². The van der Waals surface area contributed by atoms with Crippen LogP contribution in [0.4, 0.5) is 0 Å². The Morgan fingerprint density at radius 2 is 2.29 bits per heavy atom. The number of thiazole rings is 1. The lowest BCUT2D eigenvalue weighted by Crippen LogP contribution is -2.47. The van der Waals surface area contributed by atoms with E-state index in [1.807, 2.05) is 0 Å². The lowest BCUT2D eigenvalue weighted by atomic mass is 10.0. The van der Waals surface area contributed by atoms with Gasteiger partial charge in [-0.25, -0.2) is 4.98 Å². The van der Waals surface area contributed by atoms with Gasteiger partial charge in [-0.15, -0.1) is 11.3 Å². The number of nitrogens with one attached hydrogen (secondary N) is 1. The number of rotatable bonds is 6. The molecule has 2 aromatic heterocycles. The zero-order chi connectivity index (χ0) is 16.5. The van der Waals surface area contributed by atoms with Gasteiger partial charge in [0.05, 0.1) is 11.4 Å². The molecule has 2 aromatic rings. The number of nitrogens with zero attached hydrogens (tertiary/aromatic N) is 3. The molecule has 0 aromatic carbocycles. The second kappa shape index (κ2) is 6.84. The predicted molar refractivity (Wildman–Crippen MR) is 96.4 cm³/mol. The van der Waals surface area contributed by atoms with Crippen molar-refractivity contribution in [3.8, 4) is 0 Å². The smallest absolute Gasteiger partial charge is 0.220 e. The molecule has 0 spiro atoms. The summed E-state index contributed by atoms with van der Waals surface area (Å²) in [5.74, 6) is 0.879. The van der Waals surface area contributed by atoms with Crippen LogP contribution < -0.4 is 5.32 Å². The molecule has 2 aliphatic rings. The van der Waals surface area contributed by atoms with Gasteiger partial charge in [-0.1, -0.05) is 6.92 Å². The van der Waals surface area contributed by atoms with Gasteiger partial charge in [0.1, 0.15) is 0 Å². The summed E-state index contributed by atoms with van der Waals surface area (Å²) >= 11 is 1.72. The molecule has 1 amide bonds. The molecule has 1 atom stereocenters. The molecule has 0 bridgehead atoms. The Balaban J connectivity index is 1.46. The van der Waals surface area contributed by atoms with Crippen LogP contribution >= 0.6 is 11.3 Å². The number of hydrogen-bond acceptors (Lipinski definition) is 4. The lowest BCUT2D eigenvalue weighted by molar-refractivity contribution is -0.122. The van der Waals surface area contributed by atoms with Gasteiger partial charge in [-0.05, 0) is 38.6 Å². The molecule has 1 saturated heterocycles. The van der Waals surface area contributed by atoms with Crippen LogP contribution in [0.25, 0.3) is 4.96 Å². The van der Waals surface area contributed by atoms with Gasteiger partial charge >= 0.3 is 0 Å².